The van der Waals surface area contributed by atoms with Crippen LogP contribution in [-0.4, -0.2) is 38.0 Å². The first-order chi connectivity index (χ1) is 12.7. The summed E-state index contributed by atoms with van der Waals surface area (Å²) in [4.78, 5) is 6.25. The van der Waals surface area contributed by atoms with Gasteiger partial charge in [-0.25, -0.2) is 13.5 Å². The lowest BCUT2D eigenvalue weighted by Gasteiger charge is -2.31. The Bertz CT molecular complexity index is 873. The molecule has 0 spiro atoms. The number of halogens is 2. The molecule has 1 aromatic carbocycles. The van der Waals surface area contributed by atoms with Crippen LogP contribution in [0.4, 0.5) is 8.78 Å². The van der Waals surface area contributed by atoms with Crippen molar-refractivity contribution in [3.05, 3.63) is 66.1 Å². The Morgan fingerprint density at radius 2 is 1.96 bits per heavy atom. The number of hydrogen-bond acceptors (Lipinski definition) is 4. The Balaban J connectivity index is 1.38. The third-order valence-electron chi connectivity index (χ3n) is 4.80. The summed E-state index contributed by atoms with van der Waals surface area (Å²) in [5.41, 5.74) is 2.16. The number of likely N-dealkylation sites (tertiary alicyclic amines) is 1. The van der Waals surface area contributed by atoms with Crippen LogP contribution in [0.25, 0.3) is 11.3 Å². The number of piperidine rings is 1. The largest absolute Gasteiger partial charge is 0.299 e. The molecule has 0 bridgehead atoms. The van der Waals surface area contributed by atoms with Crippen LogP contribution in [0.1, 0.15) is 24.4 Å². The highest BCUT2D eigenvalue weighted by Crippen LogP contribution is 2.25. The molecule has 1 aliphatic heterocycles. The molecule has 5 nitrogen and oxygen atoms in total. The summed E-state index contributed by atoms with van der Waals surface area (Å²) in [6.07, 6.45) is 7.23. The molecule has 0 saturated carbocycles. The normalized spacial score (nSPS) is 16.1. The van der Waals surface area contributed by atoms with E-state index >= 15 is 0 Å². The number of aromatic nitrogens is 4. The van der Waals surface area contributed by atoms with Crippen molar-refractivity contribution in [2.24, 2.45) is 0 Å². The molecule has 1 aliphatic rings. The zero-order chi connectivity index (χ0) is 17.9. The molecule has 1 saturated heterocycles. The minimum Gasteiger partial charge on any atom is -0.299 e. The van der Waals surface area contributed by atoms with Crippen molar-refractivity contribution in [3.63, 3.8) is 0 Å². The lowest BCUT2D eigenvalue weighted by Crippen LogP contribution is -2.34. The summed E-state index contributed by atoms with van der Waals surface area (Å²) >= 11 is 0. The zero-order valence-corrected chi connectivity index (χ0v) is 14.2. The first-order valence-electron chi connectivity index (χ1n) is 8.67. The van der Waals surface area contributed by atoms with Crippen LogP contribution in [0.3, 0.4) is 0 Å². The molecule has 3 heterocycles. The Labute approximate surface area is 150 Å². The summed E-state index contributed by atoms with van der Waals surface area (Å²) < 4.78 is 29.0. The lowest BCUT2D eigenvalue weighted by atomic mass is 10.0. The Morgan fingerprint density at radius 3 is 2.73 bits per heavy atom. The minimum absolute atomic E-state index is 0.265. The van der Waals surface area contributed by atoms with Crippen molar-refractivity contribution in [1.29, 1.82) is 0 Å². The van der Waals surface area contributed by atoms with Gasteiger partial charge in [0.1, 0.15) is 17.3 Å². The van der Waals surface area contributed by atoms with E-state index in [1.165, 1.54) is 12.1 Å². The van der Waals surface area contributed by atoms with Crippen LogP contribution < -0.4 is 0 Å². The SMILES string of the molecule is Fc1ccc(F)c(CN2CCC(n3cc(-c4cccnc4)nn3)CC2)c1. The van der Waals surface area contributed by atoms with Gasteiger partial charge < -0.3 is 0 Å². The van der Waals surface area contributed by atoms with Crippen molar-refractivity contribution in [2.45, 2.75) is 25.4 Å². The van der Waals surface area contributed by atoms with Gasteiger partial charge in [0.15, 0.2) is 0 Å². The maximum atomic E-state index is 13.8. The molecule has 26 heavy (non-hydrogen) atoms. The van der Waals surface area contributed by atoms with Crippen LogP contribution >= 0.6 is 0 Å². The van der Waals surface area contributed by atoms with E-state index in [1.807, 2.05) is 23.0 Å². The highest BCUT2D eigenvalue weighted by molar-refractivity contribution is 5.55. The third-order valence-corrected chi connectivity index (χ3v) is 4.80. The van der Waals surface area contributed by atoms with E-state index < -0.39 is 5.82 Å². The van der Waals surface area contributed by atoms with E-state index in [1.54, 1.807) is 12.4 Å². The molecule has 2 aromatic heterocycles. The smallest absolute Gasteiger partial charge is 0.127 e. The van der Waals surface area contributed by atoms with E-state index in [0.29, 0.717) is 12.1 Å². The number of pyridine rings is 1. The van der Waals surface area contributed by atoms with E-state index in [-0.39, 0.29) is 11.9 Å². The Morgan fingerprint density at radius 1 is 1.12 bits per heavy atom. The summed E-state index contributed by atoms with van der Waals surface area (Å²) in [7, 11) is 0. The standard InChI is InChI=1S/C19H19F2N5/c20-16-3-4-18(21)15(10-16)12-25-8-5-17(6-9-25)26-13-19(23-24-26)14-2-1-7-22-11-14/h1-4,7,10-11,13,17H,5-6,8-9,12H2. The number of benzene rings is 1. The van der Waals surface area contributed by atoms with Crippen molar-refractivity contribution in [2.75, 3.05) is 13.1 Å². The second-order valence-electron chi connectivity index (χ2n) is 6.57. The van der Waals surface area contributed by atoms with Crippen LogP contribution in [-0.2, 0) is 6.54 Å². The number of hydrogen-bond donors (Lipinski definition) is 0. The summed E-state index contributed by atoms with van der Waals surface area (Å²) in [5, 5.41) is 8.50. The van der Waals surface area contributed by atoms with E-state index in [2.05, 4.69) is 20.2 Å². The maximum Gasteiger partial charge on any atom is 0.127 e. The van der Waals surface area contributed by atoms with E-state index in [9.17, 15) is 8.78 Å². The van der Waals surface area contributed by atoms with Gasteiger partial charge in [-0.05, 0) is 43.2 Å². The molecule has 0 amide bonds. The van der Waals surface area contributed by atoms with Crippen LogP contribution in [0.5, 0.6) is 0 Å². The molecule has 0 N–H and O–H groups in total. The highest BCUT2D eigenvalue weighted by Gasteiger charge is 2.22. The lowest BCUT2D eigenvalue weighted by molar-refractivity contribution is 0.170. The van der Waals surface area contributed by atoms with E-state index in [4.69, 9.17) is 0 Å². The average Bonchev–Trinajstić information content (AvgIpc) is 3.16. The molecule has 0 atom stereocenters. The monoisotopic (exact) mass is 355 g/mol. The summed E-state index contributed by atoms with van der Waals surface area (Å²) in [5.74, 6) is -0.757. The highest BCUT2D eigenvalue weighted by atomic mass is 19.1. The van der Waals surface area contributed by atoms with Crippen molar-refractivity contribution in [3.8, 4) is 11.3 Å². The molecule has 0 unspecified atom stereocenters. The fourth-order valence-electron chi connectivity index (χ4n) is 3.35. The molecule has 3 aromatic rings. The van der Waals surface area contributed by atoms with Gasteiger partial charge in [0.25, 0.3) is 0 Å². The average molecular weight is 355 g/mol. The predicted octanol–water partition coefficient (Wildman–Crippen LogP) is 3.46. The minimum atomic E-state index is -0.401. The molecule has 1 fully saturated rings. The fraction of sp³-hybridized carbons (Fsp3) is 0.316. The molecule has 134 valence electrons. The Hall–Kier alpha value is -2.67. The molecular weight excluding hydrogens is 336 g/mol. The van der Waals surface area contributed by atoms with Crippen molar-refractivity contribution < 1.29 is 8.78 Å². The quantitative estimate of drug-likeness (QED) is 0.719. The Kier molecular flexibility index (Phi) is 4.71. The zero-order valence-electron chi connectivity index (χ0n) is 14.2. The topological polar surface area (TPSA) is 46.8 Å². The van der Waals surface area contributed by atoms with Gasteiger partial charge in [0, 0.05) is 43.2 Å². The van der Waals surface area contributed by atoms with Crippen LogP contribution in [0, 0.1) is 11.6 Å². The van der Waals surface area contributed by atoms with Gasteiger partial charge in [-0.15, -0.1) is 5.10 Å². The maximum absolute atomic E-state index is 13.8. The molecule has 0 radical (unpaired) electrons. The second-order valence-corrected chi connectivity index (χ2v) is 6.57. The van der Waals surface area contributed by atoms with Gasteiger partial charge in [0.05, 0.1) is 12.2 Å². The molecule has 7 heteroatoms. The van der Waals surface area contributed by atoms with Crippen molar-refractivity contribution >= 4 is 0 Å². The number of rotatable bonds is 4. The van der Waals surface area contributed by atoms with Gasteiger partial charge in [0.2, 0.25) is 0 Å². The third kappa shape index (κ3) is 3.62. The molecule has 0 aliphatic carbocycles. The first-order valence-corrected chi connectivity index (χ1v) is 8.67. The van der Waals surface area contributed by atoms with Gasteiger partial charge >= 0.3 is 0 Å². The van der Waals surface area contributed by atoms with Crippen molar-refractivity contribution in [1.82, 2.24) is 24.9 Å². The van der Waals surface area contributed by atoms with Gasteiger partial charge in [-0.1, -0.05) is 5.21 Å². The number of nitrogens with zero attached hydrogens (tertiary/aromatic N) is 5. The first kappa shape index (κ1) is 16.8. The molecule has 4 rings (SSSR count). The second kappa shape index (κ2) is 7.29. The summed E-state index contributed by atoms with van der Waals surface area (Å²) in [6, 6.07) is 7.71. The van der Waals surface area contributed by atoms with Crippen LogP contribution in [0.2, 0.25) is 0 Å². The summed E-state index contributed by atoms with van der Waals surface area (Å²) in [6.45, 7) is 2.04. The molecular formula is C19H19F2N5. The fourth-order valence-corrected chi connectivity index (χ4v) is 3.35. The van der Waals surface area contributed by atoms with Gasteiger partial charge in [-0.3, -0.25) is 9.88 Å². The van der Waals surface area contributed by atoms with Crippen LogP contribution in [0.15, 0.2) is 48.9 Å². The predicted molar refractivity (Wildman–Crippen MR) is 93.2 cm³/mol. The van der Waals surface area contributed by atoms with Gasteiger partial charge in [-0.2, -0.15) is 0 Å². The van der Waals surface area contributed by atoms with E-state index in [0.717, 1.165) is 43.3 Å².